The maximum absolute atomic E-state index is 12.4. The Bertz CT molecular complexity index is 770. The van der Waals surface area contributed by atoms with Gasteiger partial charge in [-0.05, 0) is 61.1 Å². The fourth-order valence-electron chi connectivity index (χ4n) is 3.42. The molecule has 0 fully saturated rings. The fourth-order valence-corrected chi connectivity index (χ4v) is 3.42. The highest BCUT2D eigenvalue weighted by Gasteiger charge is 2.20. The first-order chi connectivity index (χ1) is 11.2. The Morgan fingerprint density at radius 1 is 1.30 bits per heavy atom. The molecule has 0 saturated carbocycles. The predicted octanol–water partition coefficient (Wildman–Crippen LogP) is 2.82. The highest BCUT2D eigenvalue weighted by Crippen LogP contribution is 2.29. The molecule has 0 saturated heterocycles. The number of carbonyl (C=O) groups excluding carboxylic acids is 1. The highest BCUT2D eigenvalue weighted by molar-refractivity contribution is 5.94. The van der Waals surface area contributed by atoms with Gasteiger partial charge in [0.15, 0.2) is 0 Å². The maximum atomic E-state index is 12.4. The van der Waals surface area contributed by atoms with Gasteiger partial charge in [-0.25, -0.2) is 0 Å². The van der Waals surface area contributed by atoms with Gasteiger partial charge in [-0.15, -0.1) is 0 Å². The molecule has 0 radical (unpaired) electrons. The molecule has 4 rings (SSSR count). The van der Waals surface area contributed by atoms with Crippen molar-refractivity contribution in [1.29, 1.82) is 0 Å². The Balaban J connectivity index is 1.43. The van der Waals surface area contributed by atoms with Crippen LogP contribution < -0.4 is 10.1 Å². The van der Waals surface area contributed by atoms with E-state index in [2.05, 4.69) is 16.4 Å². The summed E-state index contributed by atoms with van der Waals surface area (Å²) < 4.78 is 5.67. The number of aromatic nitrogens is 1. The van der Waals surface area contributed by atoms with Crippen LogP contribution in [-0.2, 0) is 25.8 Å². The van der Waals surface area contributed by atoms with Crippen LogP contribution in [0.15, 0.2) is 30.5 Å². The molecular formula is C19H20N2O2. The summed E-state index contributed by atoms with van der Waals surface area (Å²) in [7, 11) is 0. The second-order valence-corrected chi connectivity index (χ2v) is 6.44. The van der Waals surface area contributed by atoms with Gasteiger partial charge in [0.05, 0.1) is 0 Å². The van der Waals surface area contributed by atoms with Gasteiger partial charge in [0.25, 0.3) is 5.91 Å². The van der Waals surface area contributed by atoms with Crippen molar-refractivity contribution in [2.75, 3.05) is 0 Å². The minimum absolute atomic E-state index is 0.0483. The number of nitrogens with zero attached hydrogens (tertiary/aromatic N) is 1. The van der Waals surface area contributed by atoms with Crippen molar-refractivity contribution >= 4 is 5.91 Å². The number of amides is 1. The SMILES string of the molecule is C[C@@H]1Cc2cc(C(=O)NCc3cnc4c(c3)CCC4)ccc2O1. The van der Waals surface area contributed by atoms with Crippen LogP contribution in [0.5, 0.6) is 5.75 Å². The van der Waals surface area contributed by atoms with E-state index in [1.54, 1.807) is 0 Å². The molecule has 2 heterocycles. The number of nitrogens with one attached hydrogen (secondary N) is 1. The van der Waals surface area contributed by atoms with Crippen molar-refractivity contribution in [2.45, 2.75) is 45.3 Å². The van der Waals surface area contributed by atoms with Gasteiger partial charge in [-0.2, -0.15) is 0 Å². The lowest BCUT2D eigenvalue weighted by atomic mass is 10.1. The first kappa shape index (κ1) is 14.2. The van der Waals surface area contributed by atoms with Gasteiger partial charge >= 0.3 is 0 Å². The molecular weight excluding hydrogens is 288 g/mol. The Morgan fingerprint density at radius 2 is 2.22 bits per heavy atom. The third-order valence-electron chi connectivity index (χ3n) is 4.59. The van der Waals surface area contributed by atoms with Crippen LogP contribution in [0, 0.1) is 0 Å². The molecule has 0 bridgehead atoms. The first-order valence-corrected chi connectivity index (χ1v) is 8.23. The van der Waals surface area contributed by atoms with Crippen LogP contribution in [-0.4, -0.2) is 17.0 Å². The maximum Gasteiger partial charge on any atom is 0.251 e. The van der Waals surface area contributed by atoms with Crippen molar-refractivity contribution in [2.24, 2.45) is 0 Å². The van der Waals surface area contributed by atoms with Crippen molar-refractivity contribution in [1.82, 2.24) is 10.3 Å². The molecule has 4 heteroatoms. The smallest absolute Gasteiger partial charge is 0.251 e. The molecule has 1 aromatic heterocycles. The number of aryl methyl sites for hydroxylation is 2. The molecule has 0 unspecified atom stereocenters. The van der Waals surface area contributed by atoms with E-state index < -0.39 is 0 Å². The van der Waals surface area contributed by atoms with Crippen molar-refractivity contribution in [3.05, 3.63) is 58.4 Å². The van der Waals surface area contributed by atoms with Crippen LogP contribution in [0.1, 0.15) is 46.1 Å². The molecule has 1 amide bonds. The van der Waals surface area contributed by atoms with Crippen LogP contribution in [0.25, 0.3) is 0 Å². The first-order valence-electron chi connectivity index (χ1n) is 8.23. The molecule has 1 N–H and O–H groups in total. The van der Waals surface area contributed by atoms with E-state index in [9.17, 15) is 4.79 Å². The van der Waals surface area contributed by atoms with Crippen molar-refractivity contribution in [3.63, 3.8) is 0 Å². The summed E-state index contributed by atoms with van der Waals surface area (Å²) in [5, 5.41) is 2.99. The Hall–Kier alpha value is -2.36. The lowest BCUT2D eigenvalue weighted by Gasteiger charge is -2.08. The summed E-state index contributed by atoms with van der Waals surface area (Å²) >= 11 is 0. The van der Waals surface area contributed by atoms with E-state index in [4.69, 9.17) is 4.74 Å². The highest BCUT2D eigenvalue weighted by atomic mass is 16.5. The minimum atomic E-state index is -0.0483. The van der Waals surface area contributed by atoms with Crippen LogP contribution in [0.4, 0.5) is 0 Å². The Kier molecular flexibility index (Phi) is 3.52. The van der Waals surface area contributed by atoms with E-state index in [-0.39, 0.29) is 12.0 Å². The third-order valence-corrected chi connectivity index (χ3v) is 4.59. The van der Waals surface area contributed by atoms with Gasteiger partial charge in [-0.1, -0.05) is 6.07 Å². The van der Waals surface area contributed by atoms with Crippen molar-refractivity contribution < 1.29 is 9.53 Å². The molecule has 1 aromatic carbocycles. The van der Waals surface area contributed by atoms with Gasteiger partial charge in [-0.3, -0.25) is 9.78 Å². The van der Waals surface area contributed by atoms with Gasteiger partial charge < -0.3 is 10.1 Å². The molecule has 0 spiro atoms. The number of carbonyl (C=O) groups is 1. The average Bonchev–Trinajstić information content (AvgIpc) is 3.16. The topological polar surface area (TPSA) is 51.2 Å². The van der Waals surface area contributed by atoms with E-state index >= 15 is 0 Å². The fraction of sp³-hybridized carbons (Fsp3) is 0.368. The molecule has 1 aliphatic carbocycles. The van der Waals surface area contributed by atoms with Gasteiger partial charge in [0, 0.05) is 30.4 Å². The molecule has 2 aromatic rings. The lowest BCUT2D eigenvalue weighted by molar-refractivity contribution is 0.0951. The summed E-state index contributed by atoms with van der Waals surface area (Å²) in [5.74, 6) is 0.852. The summed E-state index contributed by atoms with van der Waals surface area (Å²) in [5.41, 5.74) is 5.42. The number of rotatable bonds is 3. The monoisotopic (exact) mass is 308 g/mol. The number of ether oxygens (including phenoxy) is 1. The van der Waals surface area contributed by atoms with Crippen molar-refractivity contribution in [3.8, 4) is 5.75 Å². The Morgan fingerprint density at radius 3 is 3.13 bits per heavy atom. The third kappa shape index (κ3) is 2.81. The van der Waals surface area contributed by atoms with E-state index in [0.717, 1.165) is 36.1 Å². The standard InChI is InChI=1S/C19H20N2O2/c1-12-7-16-9-15(5-6-18(16)23-12)19(22)21-11-13-8-14-3-2-4-17(14)20-10-13/h5-6,8-10,12H,2-4,7,11H2,1H3,(H,21,22)/t12-/m1/s1. The van der Waals surface area contributed by atoms with Crippen LogP contribution in [0.3, 0.4) is 0 Å². The second-order valence-electron chi connectivity index (χ2n) is 6.44. The van der Waals surface area contributed by atoms with E-state index in [1.807, 2.05) is 31.3 Å². The zero-order valence-corrected chi connectivity index (χ0v) is 13.3. The second kappa shape index (κ2) is 5.69. The normalized spacial score (nSPS) is 18.2. The van der Waals surface area contributed by atoms with E-state index in [1.165, 1.54) is 17.7 Å². The summed E-state index contributed by atoms with van der Waals surface area (Å²) in [6, 6.07) is 7.83. The predicted molar refractivity (Wildman–Crippen MR) is 87.7 cm³/mol. The van der Waals surface area contributed by atoms with Crippen LogP contribution in [0.2, 0.25) is 0 Å². The lowest BCUT2D eigenvalue weighted by Crippen LogP contribution is -2.23. The average molecular weight is 308 g/mol. The number of pyridine rings is 1. The summed E-state index contributed by atoms with van der Waals surface area (Å²) in [4.78, 5) is 16.9. The summed E-state index contributed by atoms with van der Waals surface area (Å²) in [6.45, 7) is 2.56. The Labute approximate surface area is 135 Å². The summed E-state index contributed by atoms with van der Waals surface area (Å²) in [6.07, 6.45) is 6.31. The zero-order chi connectivity index (χ0) is 15.8. The quantitative estimate of drug-likeness (QED) is 0.948. The minimum Gasteiger partial charge on any atom is -0.490 e. The molecule has 4 nitrogen and oxygen atoms in total. The zero-order valence-electron chi connectivity index (χ0n) is 13.3. The van der Waals surface area contributed by atoms with Crippen LogP contribution >= 0.6 is 0 Å². The molecule has 1 atom stereocenters. The molecule has 1 aliphatic heterocycles. The number of hydrogen-bond acceptors (Lipinski definition) is 3. The number of fused-ring (bicyclic) bond motifs is 2. The van der Waals surface area contributed by atoms with Gasteiger partial charge in [0.2, 0.25) is 0 Å². The van der Waals surface area contributed by atoms with E-state index in [0.29, 0.717) is 12.1 Å². The number of hydrogen-bond donors (Lipinski definition) is 1. The molecule has 118 valence electrons. The molecule has 2 aliphatic rings. The molecule has 23 heavy (non-hydrogen) atoms. The van der Waals surface area contributed by atoms with Gasteiger partial charge in [0.1, 0.15) is 11.9 Å². The largest absolute Gasteiger partial charge is 0.490 e. The number of benzene rings is 1.